The van der Waals surface area contributed by atoms with Crippen LogP contribution in [0.4, 0.5) is 5.13 Å². The topological polar surface area (TPSA) is 124 Å². The summed E-state index contributed by atoms with van der Waals surface area (Å²) in [6.45, 7) is 1.85. The summed E-state index contributed by atoms with van der Waals surface area (Å²) < 4.78 is 0. The molecule has 29 heavy (non-hydrogen) atoms. The fourth-order valence-corrected chi connectivity index (χ4v) is 3.42. The zero-order valence-corrected chi connectivity index (χ0v) is 17.4. The number of thiazole rings is 1. The lowest BCUT2D eigenvalue weighted by Crippen LogP contribution is -2.51. The molecule has 158 valence electrons. The van der Waals surface area contributed by atoms with Crippen molar-refractivity contribution in [2.24, 2.45) is 0 Å². The van der Waals surface area contributed by atoms with E-state index in [2.05, 4.69) is 20.9 Å². The molecule has 3 unspecified atom stereocenters. The molecule has 1 aromatic heterocycles. The Labute approximate surface area is 174 Å². The molecule has 2 rings (SSSR count). The van der Waals surface area contributed by atoms with Gasteiger partial charge in [0.2, 0.25) is 0 Å². The first-order valence-electron chi connectivity index (χ1n) is 9.59. The number of unbranched alkanes of at least 4 members (excludes halogenated alkanes) is 1. The molecule has 0 bridgehead atoms. The molecule has 0 aliphatic heterocycles. The van der Waals surface area contributed by atoms with E-state index in [0.717, 1.165) is 12.8 Å². The number of carbonyl (C=O) groups excluding carboxylic acids is 2. The van der Waals surface area contributed by atoms with Crippen LogP contribution in [0.25, 0.3) is 0 Å². The summed E-state index contributed by atoms with van der Waals surface area (Å²) in [5.41, 5.74) is 0.716. The molecule has 2 amide bonds. The highest BCUT2D eigenvalue weighted by atomic mass is 32.1. The first kappa shape index (κ1) is 22.8. The van der Waals surface area contributed by atoms with E-state index in [1.54, 1.807) is 36.7 Å². The highest BCUT2D eigenvalue weighted by Crippen LogP contribution is 2.14. The molecule has 0 radical (unpaired) electrons. The maximum Gasteiger partial charge on any atom is 0.270 e. The molecule has 0 aliphatic rings. The number of hydrogen-bond donors (Lipinski definition) is 5. The molecule has 0 aliphatic carbocycles. The lowest BCUT2D eigenvalue weighted by Gasteiger charge is -2.28. The number of benzene rings is 1. The van der Waals surface area contributed by atoms with E-state index in [0.29, 0.717) is 17.1 Å². The van der Waals surface area contributed by atoms with Crippen molar-refractivity contribution in [2.45, 2.75) is 44.4 Å². The summed E-state index contributed by atoms with van der Waals surface area (Å²) in [7, 11) is 1.71. The van der Waals surface area contributed by atoms with Gasteiger partial charge in [-0.1, -0.05) is 38.0 Å². The number of aromatic nitrogens is 1. The number of hydrogen-bond acceptors (Lipinski definition) is 7. The monoisotopic (exact) mass is 420 g/mol. The van der Waals surface area contributed by atoms with Crippen molar-refractivity contribution < 1.29 is 19.8 Å². The fourth-order valence-electron chi connectivity index (χ4n) is 2.76. The summed E-state index contributed by atoms with van der Waals surface area (Å²) in [5, 5.41) is 31.4. The average Bonchev–Trinajstić information content (AvgIpc) is 3.24. The Balaban J connectivity index is 1.94. The van der Waals surface area contributed by atoms with Gasteiger partial charge in [-0.25, -0.2) is 4.98 Å². The van der Waals surface area contributed by atoms with Crippen LogP contribution in [0, 0.1) is 0 Å². The largest absolute Gasteiger partial charge is 0.388 e. The minimum Gasteiger partial charge on any atom is -0.388 e. The normalized spacial score (nSPS) is 13.9. The molecule has 9 heteroatoms. The van der Waals surface area contributed by atoms with Crippen molar-refractivity contribution in [3.05, 3.63) is 47.0 Å². The van der Waals surface area contributed by atoms with Gasteiger partial charge >= 0.3 is 0 Å². The minimum atomic E-state index is -1.24. The number of nitrogens with zero attached hydrogens (tertiary/aromatic N) is 1. The van der Waals surface area contributed by atoms with E-state index >= 15 is 0 Å². The highest BCUT2D eigenvalue weighted by Gasteiger charge is 2.28. The molecule has 1 heterocycles. The number of rotatable bonds is 11. The Morgan fingerprint density at radius 1 is 1.17 bits per heavy atom. The molecule has 1 aromatic carbocycles. The van der Waals surface area contributed by atoms with Gasteiger partial charge in [-0.3, -0.25) is 9.59 Å². The number of amides is 2. The second-order valence-electron chi connectivity index (χ2n) is 6.64. The van der Waals surface area contributed by atoms with Crippen LogP contribution < -0.4 is 16.0 Å². The van der Waals surface area contributed by atoms with Gasteiger partial charge < -0.3 is 26.2 Å². The predicted octanol–water partition coefficient (Wildman–Crippen LogP) is 1.63. The van der Waals surface area contributed by atoms with Gasteiger partial charge in [-0.2, -0.15) is 0 Å². The van der Waals surface area contributed by atoms with Gasteiger partial charge in [0.1, 0.15) is 11.8 Å². The summed E-state index contributed by atoms with van der Waals surface area (Å²) in [6.07, 6.45) is -0.285. The third-order valence-electron chi connectivity index (χ3n) is 4.45. The van der Waals surface area contributed by atoms with Crippen LogP contribution in [-0.4, -0.2) is 58.9 Å². The zero-order chi connectivity index (χ0) is 21.2. The zero-order valence-electron chi connectivity index (χ0n) is 16.6. The molecule has 8 nitrogen and oxygen atoms in total. The van der Waals surface area contributed by atoms with E-state index in [1.165, 1.54) is 11.3 Å². The van der Waals surface area contributed by atoms with Crippen LogP contribution in [-0.2, 0) is 0 Å². The highest BCUT2D eigenvalue weighted by molar-refractivity contribution is 7.13. The molecular weight excluding hydrogens is 392 g/mol. The number of nitrogens with one attached hydrogen (secondary N) is 3. The van der Waals surface area contributed by atoms with Crippen molar-refractivity contribution in [2.75, 3.05) is 18.9 Å². The van der Waals surface area contributed by atoms with Crippen LogP contribution >= 0.6 is 11.3 Å². The van der Waals surface area contributed by atoms with Gasteiger partial charge in [-0.05, 0) is 18.6 Å². The second kappa shape index (κ2) is 11.5. The van der Waals surface area contributed by atoms with Gasteiger partial charge in [0.05, 0.1) is 12.1 Å². The lowest BCUT2D eigenvalue weighted by molar-refractivity contribution is -0.00401. The molecule has 0 spiro atoms. The van der Waals surface area contributed by atoms with Crippen molar-refractivity contribution in [1.29, 1.82) is 0 Å². The Morgan fingerprint density at radius 3 is 2.52 bits per heavy atom. The number of carbonyl (C=O) groups is 2. The summed E-state index contributed by atoms with van der Waals surface area (Å²) in [5.74, 6) is -0.753. The van der Waals surface area contributed by atoms with Gasteiger partial charge in [0.25, 0.3) is 11.8 Å². The van der Waals surface area contributed by atoms with E-state index < -0.39 is 24.2 Å². The molecular formula is C20H28N4O4S. The first-order chi connectivity index (χ1) is 14.0. The van der Waals surface area contributed by atoms with Gasteiger partial charge in [-0.15, -0.1) is 11.3 Å². The van der Waals surface area contributed by atoms with Crippen molar-refractivity contribution in [1.82, 2.24) is 15.6 Å². The maximum absolute atomic E-state index is 12.4. The van der Waals surface area contributed by atoms with Crippen molar-refractivity contribution >= 4 is 28.3 Å². The minimum absolute atomic E-state index is 0.157. The van der Waals surface area contributed by atoms with Crippen molar-refractivity contribution in [3.63, 3.8) is 0 Å². The third kappa shape index (κ3) is 6.81. The molecule has 5 N–H and O–H groups in total. The average molecular weight is 421 g/mol. The maximum atomic E-state index is 12.4. The van der Waals surface area contributed by atoms with Gasteiger partial charge in [0.15, 0.2) is 5.13 Å². The van der Waals surface area contributed by atoms with E-state index in [1.807, 2.05) is 13.0 Å². The smallest absolute Gasteiger partial charge is 0.270 e. The van der Waals surface area contributed by atoms with Crippen LogP contribution in [0.1, 0.15) is 47.0 Å². The van der Waals surface area contributed by atoms with Crippen molar-refractivity contribution in [3.8, 4) is 0 Å². The molecule has 2 aromatic rings. The number of aliphatic hydroxyl groups is 2. The summed E-state index contributed by atoms with van der Waals surface area (Å²) in [4.78, 5) is 28.7. The van der Waals surface area contributed by atoms with Gasteiger partial charge in [0, 0.05) is 24.5 Å². The van der Waals surface area contributed by atoms with E-state index in [9.17, 15) is 19.8 Å². The Hall–Kier alpha value is -2.49. The summed E-state index contributed by atoms with van der Waals surface area (Å²) in [6, 6.07) is 8.06. The summed E-state index contributed by atoms with van der Waals surface area (Å²) >= 11 is 1.29. The molecule has 3 atom stereocenters. The van der Waals surface area contributed by atoms with Crippen LogP contribution in [0.5, 0.6) is 0 Å². The quantitative estimate of drug-likeness (QED) is 0.376. The number of aliphatic hydroxyl groups excluding tert-OH is 2. The van der Waals surface area contributed by atoms with E-state index in [-0.39, 0.29) is 18.1 Å². The lowest BCUT2D eigenvalue weighted by atomic mass is 9.99. The Kier molecular flexibility index (Phi) is 9.04. The molecule has 0 fully saturated rings. The van der Waals surface area contributed by atoms with Crippen LogP contribution in [0.3, 0.4) is 0 Å². The Morgan fingerprint density at radius 2 is 1.90 bits per heavy atom. The van der Waals surface area contributed by atoms with Crippen LogP contribution in [0.2, 0.25) is 0 Å². The number of anilines is 1. The van der Waals surface area contributed by atoms with E-state index in [4.69, 9.17) is 0 Å². The molecule has 0 saturated heterocycles. The second-order valence-corrected chi connectivity index (χ2v) is 7.50. The first-order valence-corrected chi connectivity index (χ1v) is 10.5. The fraction of sp³-hybridized carbons (Fsp3) is 0.450. The predicted molar refractivity (Wildman–Crippen MR) is 113 cm³/mol. The third-order valence-corrected chi connectivity index (χ3v) is 5.31. The van der Waals surface area contributed by atoms with Crippen LogP contribution in [0.15, 0.2) is 35.7 Å². The standard InChI is InChI=1S/C20H28N4O4S/c1-3-4-10-14(23-18(27)13-8-6-5-7-9-13)17(26)16(25)11-22-19(28)15-12-29-20(21-2)24-15/h5-9,12,14,16-17,25-26H,3-4,10-11H2,1-2H3,(H,21,24)(H,22,28)(H,23,27). The SMILES string of the molecule is CCCCC(NC(=O)c1ccccc1)C(O)C(O)CNC(=O)c1csc(NC)n1. The Bertz CT molecular complexity index is 784. The molecule has 0 saturated carbocycles.